The van der Waals surface area contributed by atoms with Crippen molar-refractivity contribution in [2.24, 2.45) is 18.7 Å². The van der Waals surface area contributed by atoms with Crippen molar-refractivity contribution in [1.29, 1.82) is 0 Å². The zero-order valence-electron chi connectivity index (χ0n) is 10.7. The second-order valence-corrected chi connectivity index (χ2v) is 5.05. The van der Waals surface area contributed by atoms with Gasteiger partial charge in [-0.05, 0) is 25.3 Å². The van der Waals surface area contributed by atoms with Crippen LogP contribution in [0.4, 0.5) is 0 Å². The third-order valence-corrected chi connectivity index (χ3v) is 3.89. The summed E-state index contributed by atoms with van der Waals surface area (Å²) < 4.78 is 2.09. The Bertz CT molecular complexity index is 334. The molecule has 3 N–H and O–H groups in total. The molecular weight excluding hydrogens is 212 g/mol. The molecular formula is C13H24N4. The highest BCUT2D eigenvalue weighted by atomic mass is 15.0. The molecule has 0 amide bonds. The van der Waals surface area contributed by atoms with Gasteiger partial charge in [-0.2, -0.15) is 0 Å². The van der Waals surface area contributed by atoms with E-state index in [9.17, 15) is 0 Å². The van der Waals surface area contributed by atoms with E-state index in [1.54, 1.807) is 0 Å². The topological polar surface area (TPSA) is 55.9 Å². The van der Waals surface area contributed by atoms with Crippen LogP contribution in [0.5, 0.6) is 0 Å². The molecule has 0 aromatic carbocycles. The molecule has 1 aliphatic rings. The van der Waals surface area contributed by atoms with Crippen molar-refractivity contribution in [3.8, 4) is 0 Å². The van der Waals surface area contributed by atoms with E-state index in [0.717, 1.165) is 25.3 Å². The fourth-order valence-corrected chi connectivity index (χ4v) is 2.77. The quantitative estimate of drug-likeness (QED) is 0.804. The summed E-state index contributed by atoms with van der Waals surface area (Å²) in [7, 11) is 2.05. The first-order valence-electron chi connectivity index (χ1n) is 6.71. The maximum Gasteiger partial charge on any atom is 0.109 e. The first kappa shape index (κ1) is 12.6. The summed E-state index contributed by atoms with van der Waals surface area (Å²) in [6, 6.07) is 0.619. The minimum atomic E-state index is 0.619. The van der Waals surface area contributed by atoms with E-state index in [0.29, 0.717) is 12.0 Å². The normalized spacial score (nSPS) is 25.1. The first-order valence-corrected chi connectivity index (χ1v) is 6.71. The lowest BCUT2D eigenvalue weighted by Gasteiger charge is -2.31. The molecule has 1 heterocycles. The predicted molar refractivity (Wildman–Crippen MR) is 69.7 cm³/mol. The smallest absolute Gasteiger partial charge is 0.109 e. The maximum absolute atomic E-state index is 5.83. The van der Waals surface area contributed by atoms with Gasteiger partial charge >= 0.3 is 0 Å². The molecule has 96 valence electrons. The molecule has 17 heavy (non-hydrogen) atoms. The van der Waals surface area contributed by atoms with Gasteiger partial charge in [0.1, 0.15) is 5.82 Å². The zero-order chi connectivity index (χ0) is 12.1. The van der Waals surface area contributed by atoms with Crippen molar-refractivity contribution in [3.05, 3.63) is 18.2 Å². The number of nitrogens with one attached hydrogen (secondary N) is 1. The van der Waals surface area contributed by atoms with Gasteiger partial charge in [-0.25, -0.2) is 4.98 Å². The van der Waals surface area contributed by atoms with E-state index >= 15 is 0 Å². The molecule has 0 spiro atoms. The Kier molecular flexibility index (Phi) is 4.57. The molecule has 1 saturated carbocycles. The van der Waals surface area contributed by atoms with Crippen LogP contribution < -0.4 is 11.1 Å². The van der Waals surface area contributed by atoms with Crippen molar-refractivity contribution in [2.45, 2.75) is 38.1 Å². The van der Waals surface area contributed by atoms with Gasteiger partial charge in [-0.15, -0.1) is 0 Å². The molecule has 1 aromatic heterocycles. The Morgan fingerprint density at radius 1 is 1.47 bits per heavy atom. The third-order valence-electron chi connectivity index (χ3n) is 3.89. The lowest BCUT2D eigenvalue weighted by molar-refractivity contribution is 0.269. The highest BCUT2D eigenvalue weighted by molar-refractivity contribution is 4.92. The van der Waals surface area contributed by atoms with Crippen LogP contribution in [0, 0.1) is 5.92 Å². The molecule has 2 atom stereocenters. The summed E-state index contributed by atoms with van der Waals surface area (Å²) in [6.07, 6.45) is 10.1. The van der Waals surface area contributed by atoms with Gasteiger partial charge in [0.25, 0.3) is 0 Å². The number of nitrogens with two attached hydrogens (primary N) is 1. The highest BCUT2D eigenvalue weighted by Crippen LogP contribution is 2.23. The van der Waals surface area contributed by atoms with Crippen LogP contribution in [0.3, 0.4) is 0 Å². The number of hydrogen-bond acceptors (Lipinski definition) is 3. The fraction of sp³-hybridized carbons (Fsp3) is 0.769. The lowest BCUT2D eigenvalue weighted by atomic mass is 9.84. The van der Waals surface area contributed by atoms with Crippen LogP contribution in [0.2, 0.25) is 0 Å². The van der Waals surface area contributed by atoms with Crippen molar-refractivity contribution >= 4 is 0 Å². The summed E-state index contributed by atoms with van der Waals surface area (Å²) in [5, 5.41) is 3.65. The van der Waals surface area contributed by atoms with Crippen LogP contribution in [0.15, 0.2) is 12.4 Å². The number of imidazole rings is 1. The van der Waals surface area contributed by atoms with Crippen LogP contribution in [-0.2, 0) is 13.5 Å². The Balaban J connectivity index is 1.75. The minimum absolute atomic E-state index is 0.619. The summed E-state index contributed by atoms with van der Waals surface area (Å²) in [5.74, 6) is 1.82. The summed E-state index contributed by atoms with van der Waals surface area (Å²) in [5.41, 5.74) is 5.83. The van der Waals surface area contributed by atoms with Crippen LogP contribution >= 0.6 is 0 Å². The van der Waals surface area contributed by atoms with E-state index in [2.05, 4.69) is 14.9 Å². The second kappa shape index (κ2) is 6.17. The predicted octanol–water partition coefficient (Wildman–Crippen LogP) is 1.07. The number of aromatic nitrogens is 2. The third kappa shape index (κ3) is 3.30. The van der Waals surface area contributed by atoms with Crippen molar-refractivity contribution in [1.82, 2.24) is 14.9 Å². The number of rotatable bonds is 5. The average molecular weight is 236 g/mol. The van der Waals surface area contributed by atoms with E-state index in [1.165, 1.54) is 25.7 Å². The summed E-state index contributed by atoms with van der Waals surface area (Å²) in [6.45, 7) is 1.83. The summed E-state index contributed by atoms with van der Waals surface area (Å²) >= 11 is 0. The Hall–Kier alpha value is -0.870. The van der Waals surface area contributed by atoms with Gasteiger partial charge in [0, 0.05) is 38.4 Å². The number of hydrogen-bond donors (Lipinski definition) is 2. The van der Waals surface area contributed by atoms with Crippen molar-refractivity contribution < 1.29 is 0 Å². The Morgan fingerprint density at radius 2 is 2.29 bits per heavy atom. The van der Waals surface area contributed by atoms with E-state index in [1.807, 2.05) is 19.4 Å². The van der Waals surface area contributed by atoms with Crippen molar-refractivity contribution in [2.75, 3.05) is 13.1 Å². The molecule has 2 unspecified atom stereocenters. The number of aryl methyl sites for hydroxylation is 1. The van der Waals surface area contributed by atoms with Gasteiger partial charge in [0.05, 0.1) is 0 Å². The Morgan fingerprint density at radius 3 is 3.00 bits per heavy atom. The molecule has 0 saturated heterocycles. The molecule has 0 aliphatic heterocycles. The van der Waals surface area contributed by atoms with Gasteiger partial charge in [0.15, 0.2) is 0 Å². The van der Waals surface area contributed by atoms with Crippen LogP contribution in [0.25, 0.3) is 0 Å². The van der Waals surface area contributed by atoms with Gasteiger partial charge < -0.3 is 15.6 Å². The molecule has 2 rings (SSSR count). The molecule has 4 nitrogen and oxygen atoms in total. The molecule has 0 radical (unpaired) electrons. The molecule has 1 aliphatic carbocycles. The van der Waals surface area contributed by atoms with Gasteiger partial charge in [-0.1, -0.05) is 12.8 Å². The zero-order valence-corrected chi connectivity index (χ0v) is 10.7. The standard InChI is InChI=1S/C13H24N4/c1-17-9-8-16-13(17)6-7-15-12-5-3-2-4-11(12)10-14/h8-9,11-12,15H,2-7,10,14H2,1H3. The summed E-state index contributed by atoms with van der Waals surface area (Å²) in [4.78, 5) is 4.34. The lowest BCUT2D eigenvalue weighted by Crippen LogP contribution is -2.42. The van der Waals surface area contributed by atoms with Crippen molar-refractivity contribution in [3.63, 3.8) is 0 Å². The largest absolute Gasteiger partial charge is 0.338 e. The van der Waals surface area contributed by atoms with Gasteiger partial charge in [-0.3, -0.25) is 0 Å². The molecule has 1 aromatic rings. The maximum atomic E-state index is 5.83. The van der Waals surface area contributed by atoms with Crippen LogP contribution in [-0.4, -0.2) is 28.7 Å². The SMILES string of the molecule is Cn1ccnc1CCNC1CCCCC1CN. The fourth-order valence-electron chi connectivity index (χ4n) is 2.77. The van der Waals surface area contributed by atoms with E-state index < -0.39 is 0 Å². The van der Waals surface area contributed by atoms with Gasteiger partial charge in [0.2, 0.25) is 0 Å². The monoisotopic (exact) mass is 236 g/mol. The highest BCUT2D eigenvalue weighted by Gasteiger charge is 2.22. The molecule has 0 bridgehead atoms. The second-order valence-electron chi connectivity index (χ2n) is 5.05. The average Bonchev–Trinajstić information content (AvgIpc) is 2.76. The Labute approximate surface area is 104 Å². The number of nitrogens with zero attached hydrogens (tertiary/aromatic N) is 2. The molecule has 1 fully saturated rings. The van der Waals surface area contributed by atoms with E-state index in [4.69, 9.17) is 5.73 Å². The minimum Gasteiger partial charge on any atom is -0.338 e. The molecule has 4 heteroatoms. The van der Waals surface area contributed by atoms with Crippen LogP contribution in [0.1, 0.15) is 31.5 Å². The first-order chi connectivity index (χ1) is 8.31. The van der Waals surface area contributed by atoms with E-state index in [-0.39, 0.29) is 0 Å².